The molecule has 3 rings (SSSR count). The lowest BCUT2D eigenvalue weighted by Gasteiger charge is -2.16. The van der Waals surface area contributed by atoms with E-state index in [9.17, 15) is 9.59 Å². The number of anilines is 2. The van der Waals surface area contributed by atoms with Crippen molar-refractivity contribution < 1.29 is 9.59 Å². The van der Waals surface area contributed by atoms with E-state index in [-0.39, 0.29) is 11.8 Å². The molecule has 1 aromatic carbocycles. The summed E-state index contributed by atoms with van der Waals surface area (Å²) in [5.41, 5.74) is 1.49. The smallest absolute Gasteiger partial charge is 0.265 e. The number of rotatable bonds is 3. The van der Waals surface area contributed by atoms with E-state index in [4.69, 9.17) is 11.6 Å². The molecule has 2 aromatic rings. The highest BCUT2D eigenvalue weighted by atomic mass is 35.5. The van der Waals surface area contributed by atoms with Gasteiger partial charge in [-0.1, -0.05) is 17.7 Å². The lowest BCUT2D eigenvalue weighted by Crippen LogP contribution is -2.23. The molecule has 4 nitrogen and oxygen atoms in total. The molecule has 0 aliphatic carbocycles. The van der Waals surface area contributed by atoms with Crippen molar-refractivity contribution in [2.75, 3.05) is 16.8 Å². The van der Waals surface area contributed by atoms with Crippen LogP contribution in [0.3, 0.4) is 0 Å². The number of nitrogens with zero attached hydrogens (tertiary/aromatic N) is 1. The van der Waals surface area contributed by atoms with Gasteiger partial charge in [0.1, 0.15) is 0 Å². The van der Waals surface area contributed by atoms with Gasteiger partial charge in [-0.2, -0.15) is 0 Å². The van der Waals surface area contributed by atoms with Crippen molar-refractivity contribution in [3.63, 3.8) is 0 Å². The van der Waals surface area contributed by atoms with Crippen LogP contribution in [0.5, 0.6) is 0 Å². The summed E-state index contributed by atoms with van der Waals surface area (Å²) < 4.78 is 0.580. The van der Waals surface area contributed by atoms with E-state index in [0.717, 1.165) is 18.7 Å². The first kappa shape index (κ1) is 14.1. The molecule has 0 spiro atoms. The van der Waals surface area contributed by atoms with E-state index in [1.54, 1.807) is 23.1 Å². The minimum atomic E-state index is -0.197. The van der Waals surface area contributed by atoms with E-state index in [1.807, 2.05) is 18.2 Å². The molecule has 0 atom stereocenters. The summed E-state index contributed by atoms with van der Waals surface area (Å²) in [5, 5.41) is 2.83. The van der Waals surface area contributed by atoms with Crippen LogP contribution < -0.4 is 10.2 Å². The van der Waals surface area contributed by atoms with Crippen molar-refractivity contribution in [1.82, 2.24) is 0 Å². The maximum atomic E-state index is 12.1. The first-order valence-electron chi connectivity index (χ1n) is 6.60. The second kappa shape index (κ2) is 5.87. The molecule has 6 heteroatoms. The molecule has 2 amide bonds. The average molecular weight is 321 g/mol. The van der Waals surface area contributed by atoms with E-state index in [0.29, 0.717) is 21.3 Å². The highest BCUT2D eigenvalue weighted by Crippen LogP contribution is 2.26. The van der Waals surface area contributed by atoms with Crippen LogP contribution in [0.15, 0.2) is 36.4 Å². The van der Waals surface area contributed by atoms with Crippen LogP contribution in [0.1, 0.15) is 22.5 Å². The van der Waals surface area contributed by atoms with Crippen LogP contribution in [0.4, 0.5) is 11.4 Å². The lowest BCUT2D eigenvalue weighted by atomic mass is 10.2. The quantitative estimate of drug-likeness (QED) is 0.935. The molecule has 1 N–H and O–H groups in total. The zero-order valence-electron chi connectivity index (χ0n) is 11.1. The highest BCUT2D eigenvalue weighted by molar-refractivity contribution is 7.18. The Labute approximate surface area is 131 Å². The van der Waals surface area contributed by atoms with Gasteiger partial charge in [0, 0.05) is 24.3 Å². The maximum Gasteiger partial charge on any atom is 0.265 e. The van der Waals surface area contributed by atoms with Crippen LogP contribution >= 0.6 is 22.9 Å². The summed E-state index contributed by atoms with van der Waals surface area (Å²) >= 11 is 7.06. The van der Waals surface area contributed by atoms with Crippen molar-refractivity contribution in [2.24, 2.45) is 0 Å². The van der Waals surface area contributed by atoms with Crippen molar-refractivity contribution in [3.8, 4) is 0 Å². The SMILES string of the molecule is O=C(Nc1cccc(N2CCCC2=O)c1)c1ccc(Cl)s1. The Hall–Kier alpha value is -1.85. The van der Waals surface area contributed by atoms with Gasteiger partial charge in [-0.3, -0.25) is 9.59 Å². The molecule has 0 bridgehead atoms. The Morgan fingerprint density at radius 2 is 2.14 bits per heavy atom. The van der Waals surface area contributed by atoms with Crippen LogP contribution in [0.2, 0.25) is 4.34 Å². The standard InChI is InChI=1S/C15H13ClN2O2S/c16-13-7-6-12(21-13)15(20)17-10-3-1-4-11(9-10)18-8-2-5-14(18)19/h1,3-4,6-7,9H,2,5,8H2,(H,17,20). The topological polar surface area (TPSA) is 49.4 Å². The number of amides is 2. The van der Waals surface area contributed by atoms with Crippen molar-refractivity contribution in [3.05, 3.63) is 45.6 Å². The van der Waals surface area contributed by atoms with Crippen LogP contribution in [0.25, 0.3) is 0 Å². The predicted octanol–water partition coefficient (Wildman–Crippen LogP) is 3.78. The Morgan fingerprint density at radius 3 is 2.81 bits per heavy atom. The van der Waals surface area contributed by atoms with Gasteiger partial charge in [0.2, 0.25) is 5.91 Å². The van der Waals surface area contributed by atoms with Gasteiger partial charge < -0.3 is 10.2 Å². The Balaban J connectivity index is 1.77. The number of hydrogen-bond donors (Lipinski definition) is 1. The number of hydrogen-bond acceptors (Lipinski definition) is 3. The molecule has 108 valence electrons. The number of thiophene rings is 1. The predicted molar refractivity (Wildman–Crippen MR) is 85.3 cm³/mol. The normalized spacial score (nSPS) is 14.5. The lowest BCUT2D eigenvalue weighted by molar-refractivity contribution is -0.117. The summed E-state index contributed by atoms with van der Waals surface area (Å²) in [6, 6.07) is 10.7. The van der Waals surface area contributed by atoms with Crippen molar-refractivity contribution in [1.29, 1.82) is 0 Å². The highest BCUT2D eigenvalue weighted by Gasteiger charge is 2.21. The molecule has 1 fully saturated rings. The molecular weight excluding hydrogens is 308 g/mol. The molecule has 2 heterocycles. The third kappa shape index (κ3) is 3.09. The number of halogens is 1. The molecule has 21 heavy (non-hydrogen) atoms. The molecule has 1 aliphatic heterocycles. The Bertz CT molecular complexity index is 698. The second-order valence-electron chi connectivity index (χ2n) is 4.76. The first-order valence-corrected chi connectivity index (χ1v) is 7.80. The largest absolute Gasteiger partial charge is 0.321 e. The molecule has 1 aliphatic rings. The van der Waals surface area contributed by atoms with Crippen molar-refractivity contribution in [2.45, 2.75) is 12.8 Å². The molecule has 1 aromatic heterocycles. The van der Waals surface area contributed by atoms with Crippen molar-refractivity contribution >= 4 is 46.1 Å². The fourth-order valence-electron chi connectivity index (χ4n) is 2.30. The monoisotopic (exact) mass is 320 g/mol. The minimum Gasteiger partial charge on any atom is -0.321 e. The summed E-state index contributed by atoms with van der Waals surface area (Å²) in [4.78, 5) is 26.1. The number of carbonyl (C=O) groups excluding carboxylic acids is 2. The van der Waals surface area contributed by atoms with E-state index >= 15 is 0 Å². The summed E-state index contributed by atoms with van der Waals surface area (Å²) in [6.07, 6.45) is 1.47. The van der Waals surface area contributed by atoms with E-state index < -0.39 is 0 Å². The first-order chi connectivity index (χ1) is 10.1. The molecule has 0 radical (unpaired) electrons. The number of benzene rings is 1. The number of carbonyl (C=O) groups is 2. The van der Waals surface area contributed by atoms with Gasteiger partial charge >= 0.3 is 0 Å². The van der Waals surface area contributed by atoms with Gasteiger partial charge in [0.15, 0.2) is 0 Å². The molecule has 1 saturated heterocycles. The Morgan fingerprint density at radius 1 is 1.29 bits per heavy atom. The van der Waals surface area contributed by atoms with Crippen LogP contribution in [0, 0.1) is 0 Å². The summed E-state index contributed by atoms with van der Waals surface area (Å²) in [5.74, 6) is -0.0692. The maximum absolute atomic E-state index is 12.1. The van der Waals surface area contributed by atoms with Gasteiger partial charge in [0.25, 0.3) is 5.91 Å². The zero-order valence-corrected chi connectivity index (χ0v) is 12.7. The number of nitrogens with one attached hydrogen (secondary N) is 1. The zero-order chi connectivity index (χ0) is 14.8. The molecular formula is C15H13ClN2O2S. The van der Waals surface area contributed by atoms with Crippen LogP contribution in [-0.2, 0) is 4.79 Å². The van der Waals surface area contributed by atoms with Gasteiger partial charge in [-0.25, -0.2) is 0 Å². The van der Waals surface area contributed by atoms with Crippen LogP contribution in [-0.4, -0.2) is 18.4 Å². The van der Waals surface area contributed by atoms with E-state index in [2.05, 4.69) is 5.32 Å². The Kier molecular flexibility index (Phi) is 3.94. The van der Waals surface area contributed by atoms with Gasteiger partial charge in [-0.15, -0.1) is 11.3 Å². The third-order valence-electron chi connectivity index (χ3n) is 3.29. The minimum absolute atomic E-state index is 0.128. The van der Waals surface area contributed by atoms with E-state index in [1.165, 1.54) is 11.3 Å². The third-order valence-corrected chi connectivity index (χ3v) is 4.52. The van der Waals surface area contributed by atoms with Gasteiger partial charge in [0.05, 0.1) is 9.21 Å². The van der Waals surface area contributed by atoms with Gasteiger partial charge in [-0.05, 0) is 36.8 Å². The molecule has 0 unspecified atom stereocenters. The second-order valence-corrected chi connectivity index (χ2v) is 6.47. The average Bonchev–Trinajstić information content (AvgIpc) is 3.08. The summed E-state index contributed by atoms with van der Waals surface area (Å²) in [7, 11) is 0. The fourth-order valence-corrected chi connectivity index (χ4v) is 3.24. The summed E-state index contributed by atoms with van der Waals surface area (Å²) in [6.45, 7) is 0.733. The fraction of sp³-hybridized carbons (Fsp3) is 0.200. The molecule has 0 saturated carbocycles.